The summed E-state index contributed by atoms with van der Waals surface area (Å²) in [7, 11) is 0. The molecule has 8 heteroatoms. The first-order valence-corrected chi connectivity index (χ1v) is 7.43. The maximum atomic E-state index is 11.8. The van der Waals surface area contributed by atoms with Crippen LogP contribution in [0, 0.1) is 0 Å². The maximum Gasteiger partial charge on any atom is 0.327 e. The zero-order chi connectivity index (χ0) is 12.3. The van der Waals surface area contributed by atoms with Crippen LogP contribution in [0.25, 0.3) is 0 Å². The third kappa shape index (κ3) is 1.47. The molecule has 2 aliphatic rings. The topological polar surface area (TPSA) is 57.6 Å². The Hall–Kier alpha value is 0.540. The summed E-state index contributed by atoms with van der Waals surface area (Å²) in [4.78, 5) is 24.4. The Bertz CT molecular complexity index is 380. The summed E-state index contributed by atoms with van der Waals surface area (Å²) in [6.45, 7) is 1.77. The van der Waals surface area contributed by atoms with E-state index in [1.807, 2.05) is 0 Å². The summed E-state index contributed by atoms with van der Waals surface area (Å²) >= 11 is 13.8. The van der Waals surface area contributed by atoms with Crippen molar-refractivity contribution in [1.82, 2.24) is 4.90 Å². The Kier molecular flexibility index (Phi) is 3.06. The summed E-state index contributed by atoms with van der Waals surface area (Å²) in [6, 6.07) is -0.865. The van der Waals surface area contributed by atoms with Crippen molar-refractivity contribution in [3.05, 3.63) is 0 Å². The number of hydrogen-bond donors (Lipinski definition) is 1. The fourth-order valence-electron chi connectivity index (χ4n) is 1.97. The van der Waals surface area contributed by atoms with Crippen LogP contribution < -0.4 is 0 Å². The van der Waals surface area contributed by atoms with E-state index in [0.717, 1.165) is 0 Å². The SMILES string of the molecule is CC1(CCl)SC2N(C(=O)C2(Br)Br)C1C(=O)O. The number of carbonyl (C=O) groups excluding carboxylic acids is 1. The number of rotatable bonds is 2. The number of thioether (sulfide) groups is 1. The number of aliphatic carboxylic acids is 1. The van der Waals surface area contributed by atoms with Gasteiger partial charge < -0.3 is 10.0 Å². The van der Waals surface area contributed by atoms with E-state index in [9.17, 15) is 14.7 Å². The first kappa shape index (κ1) is 13.0. The molecule has 2 saturated heterocycles. The molecule has 2 fully saturated rings. The van der Waals surface area contributed by atoms with Crippen LogP contribution in [0.15, 0.2) is 0 Å². The highest BCUT2D eigenvalue weighted by Gasteiger charge is 2.70. The van der Waals surface area contributed by atoms with Gasteiger partial charge in [-0.05, 0) is 6.92 Å². The Morgan fingerprint density at radius 3 is 2.69 bits per heavy atom. The lowest BCUT2D eigenvalue weighted by atomic mass is 9.98. The third-order valence-electron chi connectivity index (χ3n) is 2.82. The molecule has 16 heavy (non-hydrogen) atoms. The second kappa shape index (κ2) is 3.76. The van der Waals surface area contributed by atoms with E-state index in [-0.39, 0.29) is 17.2 Å². The van der Waals surface area contributed by atoms with E-state index in [2.05, 4.69) is 31.9 Å². The highest BCUT2D eigenvalue weighted by molar-refractivity contribution is 9.26. The van der Waals surface area contributed by atoms with Crippen molar-refractivity contribution >= 4 is 67.1 Å². The lowest BCUT2D eigenvalue weighted by Crippen LogP contribution is -2.68. The van der Waals surface area contributed by atoms with Gasteiger partial charge in [-0.15, -0.1) is 23.4 Å². The molecule has 0 aliphatic carbocycles. The van der Waals surface area contributed by atoms with Crippen LogP contribution in [0.5, 0.6) is 0 Å². The molecule has 0 bridgehead atoms. The predicted octanol–water partition coefficient (Wildman–Crippen LogP) is 1.84. The van der Waals surface area contributed by atoms with E-state index in [4.69, 9.17) is 11.6 Å². The lowest BCUT2D eigenvalue weighted by Gasteiger charge is -2.46. The largest absolute Gasteiger partial charge is 0.480 e. The number of halogens is 3. The number of β-lactam (4-membered cyclic amide) rings is 1. The van der Waals surface area contributed by atoms with Crippen LogP contribution in [0.2, 0.25) is 0 Å². The Balaban J connectivity index is 2.38. The first-order valence-electron chi connectivity index (χ1n) is 4.43. The van der Waals surface area contributed by atoms with Crippen LogP contribution >= 0.6 is 55.2 Å². The molecule has 0 radical (unpaired) electrons. The Morgan fingerprint density at radius 2 is 2.25 bits per heavy atom. The fourth-order valence-corrected chi connectivity index (χ4v) is 5.22. The molecule has 2 aliphatic heterocycles. The number of carbonyl (C=O) groups is 2. The minimum absolute atomic E-state index is 0.186. The van der Waals surface area contributed by atoms with Gasteiger partial charge in [0.2, 0.25) is 0 Å². The quantitative estimate of drug-likeness (QED) is 0.575. The summed E-state index contributed by atoms with van der Waals surface area (Å²) in [5.41, 5.74) is 0. The van der Waals surface area contributed by atoms with E-state index in [1.54, 1.807) is 6.92 Å². The average molecular weight is 393 g/mol. The third-order valence-corrected chi connectivity index (χ3v) is 7.39. The Labute approximate surface area is 118 Å². The lowest BCUT2D eigenvalue weighted by molar-refractivity contribution is -0.157. The molecule has 0 aromatic rings. The maximum absolute atomic E-state index is 11.8. The number of carboxylic acids is 1. The van der Waals surface area contributed by atoms with Gasteiger partial charge in [0.15, 0.2) is 3.23 Å². The monoisotopic (exact) mass is 391 g/mol. The summed E-state index contributed by atoms with van der Waals surface area (Å²) in [6.07, 6.45) is 0. The second-order valence-corrected chi connectivity index (χ2v) is 9.44. The average Bonchev–Trinajstić information content (AvgIpc) is 2.51. The zero-order valence-electron chi connectivity index (χ0n) is 8.11. The van der Waals surface area contributed by atoms with Gasteiger partial charge in [0.1, 0.15) is 11.4 Å². The number of hydrogen-bond acceptors (Lipinski definition) is 3. The highest BCUT2D eigenvalue weighted by Crippen LogP contribution is 2.60. The van der Waals surface area contributed by atoms with Gasteiger partial charge in [-0.25, -0.2) is 4.79 Å². The van der Waals surface area contributed by atoms with Crippen molar-refractivity contribution in [2.75, 3.05) is 5.88 Å². The van der Waals surface area contributed by atoms with E-state index < -0.39 is 20.0 Å². The van der Waals surface area contributed by atoms with Crippen molar-refractivity contribution in [3.63, 3.8) is 0 Å². The van der Waals surface area contributed by atoms with Gasteiger partial charge >= 0.3 is 5.97 Å². The molecule has 0 spiro atoms. The molecular weight excluding hydrogens is 385 g/mol. The molecule has 0 aromatic heterocycles. The van der Waals surface area contributed by atoms with Crippen molar-refractivity contribution < 1.29 is 14.7 Å². The second-order valence-electron chi connectivity index (χ2n) is 3.99. The highest BCUT2D eigenvalue weighted by atomic mass is 79.9. The number of amides is 1. The van der Waals surface area contributed by atoms with Crippen LogP contribution in [-0.2, 0) is 9.59 Å². The van der Waals surface area contributed by atoms with Gasteiger partial charge in [-0.1, -0.05) is 31.9 Å². The Morgan fingerprint density at radius 1 is 1.69 bits per heavy atom. The molecule has 3 unspecified atom stereocenters. The van der Waals surface area contributed by atoms with E-state index >= 15 is 0 Å². The first-order chi connectivity index (χ1) is 7.25. The van der Waals surface area contributed by atoms with Gasteiger partial charge in [-0.3, -0.25) is 4.79 Å². The molecular formula is C8H8Br2ClNO3S. The number of nitrogens with zero attached hydrogens (tertiary/aromatic N) is 1. The van der Waals surface area contributed by atoms with Crippen molar-refractivity contribution in [2.45, 2.75) is 26.3 Å². The van der Waals surface area contributed by atoms with Crippen molar-refractivity contribution in [3.8, 4) is 0 Å². The molecule has 1 amide bonds. The van der Waals surface area contributed by atoms with Crippen LogP contribution in [-0.4, -0.2) is 47.2 Å². The van der Waals surface area contributed by atoms with Crippen LogP contribution in [0.3, 0.4) is 0 Å². The summed E-state index contributed by atoms with van der Waals surface area (Å²) in [5, 5.41) is 8.96. The van der Waals surface area contributed by atoms with Crippen LogP contribution in [0.1, 0.15) is 6.92 Å². The summed E-state index contributed by atoms with van der Waals surface area (Å²) in [5.74, 6) is -1.08. The predicted molar refractivity (Wildman–Crippen MR) is 69.4 cm³/mol. The molecule has 3 atom stereocenters. The summed E-state index contributed by atoms with van der Waals surface area (Å²) < 4.78 is -1.50. The van der Waals surface area contributed by atoms with Gasteiger partial charge in [0.05, 0.1) is 4.75 Å². The number of alkyl halides is 3. The molecule has 4 nitrogen and oxygen atoms in total. The van der Waals surface area contributed by atoms with Crippen LogP contribution in [0.4, 0.5) is 0 Å². The number of fused-ring (bicyclic) bond motifs is 1. The minimum atomic E-state index is -1.01. The van der Waals surface area contributed by atoms with Crippen molar-refractivity contribution in [2.24, 2.45) is 0 Å². The van der Waals surface area contributed by atoms with Gasteiger partial charge in [0, 0.05) is 5.88 Å². The molecule has 1 N–H and O–H groups in total. The standard InChI is InChI=1S/C8H8Br2ClNO3S/c1-7(2-11)3(4(13)14)12-5(15)8(9,10)6(12)16-7/h3,6H,2H2,1H3,(H,13,14). The molecule has 90 valence electrons. The van der Waals surface area contributed by atoms with E-state index in [1.165, 1.54) is 16.7 Å². The molecule has 2 rings (SSSR count). The van der Waals surface area contributed by atoms with E-state index in [0.29, 0.717) is 0 Å². The van der Waals surface area contributed by atoms with Crippen molar-refractivity contribution in [1.29, 1.82) is 0 Å². The molecule has 0 saturated carbocycles. The minimum Gasteiger partial charge on any atom is -0.480 e. The van der Waals surface area contributed by atoms with Gasteiger partial charge in [-0.2, -0.15) is 0 Å². The number of carboxylic acid groups (broad SMARTS) is 1. The smallest absolute Gasteiger partial charge is 0.327 e. The molecule has 0 aromatic carbocycles. The zero-order valence-corrected chi connectivity index (χ0v) is 12.9. The fraction of sp³-hybridized carbons (Fsp3) is 0.750. The molecule has 2 heterocycles. The van der Waals surface area contributed by atoms with Gasteiger partial charge in [0.25, 0.3) is 5.91 Å². The normalized spacial score (nSPS) is 40.5.